The van der Waals surface area contributed by atoms with Crippen LogP contribution in [0.4, 0.5) is 16.2 Å². The van der Waals surface area contributed by atoms with Gasteiger partial charge in [0, 0.05) is 13.1 Å². The predicted octanol–water partition coefficient (Wildman–Crippen LogP) is 2.51. The van der Waals surface area contributed by atoms with E-state index in [-0.39, 0.29) is 0 Å². The number of rotatable bonds is 5. The Morgan fingerprint density at radius 2 is 2.18 bits per heavy atom. The van der Waals surface area contributed by atoms with Crippen LogP contribution in [0.1, 0.15) is 27.2 Å². The lowest BCUT2D eigenvalue weighted by atomic mass is 10.1. The Labute approximate surface area is 101 Å². The van der Waals surface area contributed by atoms with Crippen LogP contribution in [0.3, 0.4) is 0 Å². The van der Waals surface area contributed by atoms with Crippen LogP contribution in [0.15, 0.2) is 6.20 Å². The SMILES string of the molecule is CCNc1ncc(F)c(NCC2CC2(C)C)n1. The lowest BCUT2D eigenvalue weighted by molar-refractivity contribution is 0.569. The van der Waals surface area contributed by atoms with Gasteiger partial charge in [0.2, 0.25) is 5.95 Å². The molecule has 1 saturated carbocycles. The molecule has 17 heavy (non-hydrogen) atoms. The summed E-state index contributed by atoms with van der Waals surface area (Å²) < 4.78 is 13.5. The maximum Gasteiger partial charge on any atom is 0.224 e. The fourth-order valence-electron chi connectivity index (χ4n) is 1.88. The fraction of sp³-hybridized carbons (Fsp3) is 0.667. The predicted molar refractivity (Wildman–Crippen MR) is 66.5 cm³/mol. The minimum absolute atomic E-state index is 0.290. The molecule has 2 N–H and O–H groups in total. The highest BCUT2D eigenvalue weighted by Gasteiger charge is 2.45. The van der Waals surface area contributed by atoms with E-state index in [9.17, 15) is 4.39 Å². The molecule has 4 nitrogen and oxygen atoms in total. The molecule has 1 heterocycles. The standard InChI is InChI=1S/C12H19FN4/c1-4-14-11-16-7-9(13)10(17-11)15-6-8-5-12(8,2)3/h7-8H,4-6H2,1-3H3,(H2,14,15,16,17). The highest BCUT2D eigenvalue weighted by Crippen LogP contribution is 2.51. The summed E-state index contributed by atoms with van der Waals surface area (Å²) in [6.07, 6.45) is 2.39. The molecule has 0 amide bonds. The van der Waals surface area contributed by atoms with E-state index in [0.29, 0.717) is 23.1 Å². The number of aromatic nitrogens is 2. The second-order valence-electron chi connectivity index (χ2n) is 5.19. The van der Waals surface area contributed by atoms with E-state index in [1.807, 2.05) is 6.92 Å². The Bertz CT molecular complexity index is 405. The van der Waals surface area contributed by atoms with E-state index in [1.54, 1.807) is 0 Å². The average molecular weight is 238 g/mol. The highest BCUT2D eigenvalue weighted by atomic mass is 19.1. The highest BCUT2D eigenvalue weighted by molar-refractivity contribution is 5.41. The van der Waals surface area contributed by atoms with Crippen molar-refractivity contribution in [2.24, 2.45) is 11.3 Å². The van der Waals surface area contributed by atoms with E-state index in [1.165, 1.54) is 12.6 Å². The van der Waals surface area contributed by atoms with Gasteiger partial charge in [-0.3, -0.25) is 0 Å². The molecule has 94 valence electrons. The molecule has 1 aliphatic rings. The van der Waals surface area contributed by atoms with Crippen molar-refractivity contribution in [1.82, 2.24) is 9.97 Å². The zero-order valence-electron chi connectivity index (χ0n) is 10.5. The molecule has 1 unspecified atom stereocenters. The fourth-order valence-corrected chi connectivity index (χ4v) is 1.88. The molecule has 1 aromatic rings. The smallest absolute Gasteiger partial charge is 0.224 e. The van der Waals surface area contributed by atoms with Gasteiger partial charge in [-0.15, -0.1) is 0 Å². The topological polar surface area (TPSA) is 49.8 Å². The first-order valence-corrected chi connectivity index (χ1v) is 6.03. The monoisotopic (exact) mass is 238 g/mol. The first-order chi connectivity index (χ1) is 8.03. The molecule has 1 atom stereocenters. The first kappa shape index (κ1) is 12.1. The van der Waals surface area contributed by atoms with Crippen LogP contribution in [0, 0.1) is 17.2 Å². The van der Waals surface area contributed by atoms with Crippen LogP contribution in [0.25, 0.3) is 0 Å². The Hall–Kier alpha value is -1.39. The summed E-state index contributed by atoms with van der Waals surface area (Å²) in [5, 5.41) is 6.03. The minimum atomic E-state index is -0.398. The number of hydrogen-bond acceptors (Lipinski definition) is 4. The lowest BCUT2D eigenvalue weighted by Crippen LogP contribution is -2.12. The average Bonchev–Trinajstić information content (AvgIpc) is 2.88. The van der Waals surface area contributed by atoms with E-state index in [4.69, 9.17) is 0 Å². The van der Waals surface area contributed by atoms with Gasteiger partial charge in [-0.2, -0.15) is 4.98 Å². The van der Waals surface area contributed by atoms with Crippen LogP contribution < -0.4 is 10.6 Å². The second kappa shape index (κ2) is 4.47. The van der Waals surface area contributed by atoms with Gasteiger partial charge in [0.1, 0.15) is 0 Å². The summed E-state index contributed by atoms with van der Waals surface area (Å²) in [7, 11) is 0. The molecule has 1 aromatic heterocycles. The molecular weight excluding hydrogens is 219 g/mol. The van der Waals surface area contributed by atoms with Crippen molar-refractivity contribution in [3.63, 3.8) is 0 Å². The van der Waals surface area contributed by atoms with Crippen LogP contribution in [0.2, 0.25) is 0 Å². The van der Waals surface area contributed by atoms with Gasteiger partial charge < -0.3 is 10.6 Å². The second-order valence-corrected chi connectivity index (χ2v) is 5.19. The van der Waals surface area contributed by atoms with Crippen molar-refractivity contribution in [3.8, 4) is 0 Å². The van der Waals surface area contributed by atoms with Crippen LogP contribution in [-0.2, 0) is 0 Å². The maximum atomic E-state index is 13.5. The maximum absolute atomic E-state index is 13.5. The van der Waals surface area contributed by atoms with E-state index in [0.717, 1.165) is 13.1 Å². The zero-order chi connectivity index (χ0) is 12.5. The van der Waals surface area contributed by atoms with Gasteiger partial charge in [0.15, 0.2) is 11.6 Å². The van der Waals surface area contributed by atoms with Crippen molar-refractivity contribution in [2.45, 2.75) is 27.2 Å². The molecule has 2 rings (SSSR count). The summed E-state index contributed by atoms with van der Waals surface area (Å²) in [6, 6.07) is 0. The van der Waals surface area contributed by atoms with Gasteiger partial charge in [0.25, 0.3) is 0 Å². The molecule has 0 bridgehead atoms. The van der Waals surface area contributed by atoms with Crippen molar-refractivity contribution >= 4 is 11.8 Å². The molecule has 5 heteroatoms. The lowest BCUT2D eigenvalue weighted by Gasteiger charge is -2.09. The molecule has 0 aliphatic heterocycles. The third kappa shape index (κ3) is 2.84. The Kier molecular flexibility index (Phi) is 3.17. The molecule has 0 saturated heterocycles. The molecule has 1 aliphatic carbocycles. The molecule has 0 aromatic carbocycles. The number of nitrogens with one attached hydrogen (secondary N) is 2. The summed E-state index contributed by atoms with van der Waals surface area (Å²) in [6.45, 7) is 7.89. The number of halogens is 1. The zero-order valence-corrected chi connectivity index (χ0v) is 10.5. The van der Waals surface area contributed by atoms with E-state index < -0.39 is 5.82 Å². The summed E-state index contributed by atoms with van der Waals surface area (Å²) in [5.41, 5.74) is 0.390. The third-order valence-electron chi connectivity index (χ3n) is 3.31. The van der Waals surface area contributed by atoms with Gasteiger partial charge in [-0.1, -0.05) is 13.8 Å². The minimum Gasteiger partial charge on any atom is -0.367 e. The van der Waals surface area contributed by atoms with E-state index in [2.05, 4.69) is 34.4 Å². The van der Waals surface area contributed by atoms with Crippen LogP contribution in [-0.4, -0.2) is 23.1 Å². The Morgan fingerprint density at radius 3 is 2.76 bits per heavy atom. The van der Waals surface area contributed by atoms with Gasteiger partial charge in [-0.05, 0) is 24.7 Å². The molecule has 1 fully saturated rings. The molecule has 0 radical (unpaired) electrons. The molecular formula is C12H19FN4. The first-order valence-electron chi connectivity index (χ1n) is 6.03. The van der Waals surface area contributed by atoms with Crippen molar-refractivity contribution < 1.29 is 4.39 Å². The quantitative estimate of drug-likeness (QED) is 0.827. The summed E-state index contributed by atoms with van der Waals surface area (Å²) in [4.78, 5) is 7.96. The van der Waals surface area contributed by atoms with Crippen LogP contribution in [0.5, 0.6) is 0 Å². The van der Waals surface area contributed by atoms with Crippen molar-refractivity contribution in [2.75, 3.05) is 23.7 Å². The Balaban J connectivity index is 1.97. The largest absolute Gasteiger partial charge is 0.367 e. The van der Waals surface area contributed by atoms with Crippen molar-refractivity contribution in [3.05, 3.63) is 12.0 Å². The third-order valence-corrected chi connectivity index (χ3v) is 3.31. The van der Waals surface area contributed by atoms with Crippen LogP contribution >= 0.6 is 0 Å². The number of hydrogen-bond donors (Lipinski definition) is 2. The molecule has 0 spiro atoms. The Morgan fingerprint density at radius 1 is 1.47 bits per heavy atom. The number of anilines is 2. The number of nitrogens with zero attached hydrogens (tertiary/aromatic N) is 2. The van der Waals surface area contributed by atoms with Gasteiger partial charge in [0.05, 0.1) is 6.20 Å². The van der Waals surface area contributed by atoms with Gasteiger partial charge in [-0.25, -0.2) is 9.37 Å². The van der Waals surface area contributed by atoms with E-state index >= 15 is 0 Å². The normalized spacial score (nSPS) is 21.1. The van der Waals surface area contributed by atoms with Gasteiger partial charge >= 0.3 is 0 Å². The van der Waals surface area contributed by atoms with Crippen molar-refractivity contribution in [1.29, 1.82) is 0 Å². The summed E-state index contributed by atoms with van der Waals surface area (Å²) in [5.74, 6) is 0.967. The summed E-state index contributed by atoms with van der Waals surface area (Å²) >= 11 is 0.